The van der Waals surface area contributed by atoms with Crippen molar-refractivity contribution < 1.29 is 23.9 Å². The molecule has 1 aromatic rings. The Hall–Kier alpha value is -2.72. The monoisotopic (exact) mass is 428 g/mol. The van der Waals surface area contributed by atoms with Gasteiger partial charge in [0.2, 0.25) is 17.7 Å². The number of halogens is 1. The number of carbonyl (C=O) groups excluding carboxylic acids is 4. The molecule has 0 saturated heterocycles. The lowest BCUT2D eigenvalue weighted by atomic mass is 10.2. The zero-order valence-electron chi connectivity index (χ0n) is 15.2. The van der Waals surface area contributed by atoms with E-state index in [4.69, 9.17) is 28.6 Å². The van der Waals surface area contributed by atoms with Crippen molar-refractivity contribution in [3.63, 3.8) is 0 Å². The van der Waals surface area contributed by atoms with Crippen molar-refractivity contribution in [3.05, 3.63) is 29.3 Å². The van der Waals surface area contributed by atoms with Gasteiger partial charge < -0.3 is 15.4 Å². The summed E-state index contributed by atoms with van der Waals surface area (Å²) < 4.78 is 4.70. The molecular formula is C17H21ClN4O5S. The fourth-order valence-electron chi connectivity index (χ4n) is 1.86. The second kappa shape index (κ2) is 12.6. The van der Waals surface area contributed by atoms with Gasteiger partial charge in [-0.2, -0.15) is 0 Å². The minimum atomic E-state index is -0.502. The third-order valence-corrected chi connectivity index (χ3v) is 3.69. The fourth-order valence-corrected chi connectivity index (χ4v) is 2.21. The smallest absolute Gasteiger partial charge is 0.306 e. The van der Waals surface area contributed by atoms with Crippen LogP contribution in [0.3, 0.4) is 0 Å². The summed E-state index contributed by atoms with van der Waals surface area (Å²) in [5.41, 5.74) is 5.06. The van der Waals surface area contributed by atoms with Crippen LogP contribution in [0.1, 0.15) is 32.6 Å². The summed E-state index contributed by atoms with van der Waals surface area (Å²) in [6, 6.07) is 6.73. The molecule has 0 saturated carbocycles. The van der Waals surface area contributed by atoms with Crippen molar-refractivity contribution in [1.29, 1.82) is 0 Å². The van der Waals surface area contributed by atoms with E-state index in [0.29, 0.717) is 10.7 Å². The van der Waals surface area contributed by atoms with Gasteiger partial charge in [-0.25, -0.2) is 0 Å². The summed E-state index contributed by atoms with van der Waals surface area (Å²) in [6.07, 6.45) is -0.355. The Bertz CT molecular complexity index is 744. The summed E-state index contributed by atoms with van der Waals surface area (Å²) in [7, 11) is 0. The van der Waals surface area contributed by atoms with Crippen molar-refractivity contribution in [2.45, 2.75) is 32.6 Å². The number of amides is 3. The van der Waals surface area contributed by atoms with Gasteiger partial charge in [-0.15, -0.1) is 0 Å². The second-order valence-electron chi connectivity index (χ2n) is 5.38. The van der Waals surface area contributed by atoms with E-state index >= 15 is 0 Å². The molecule has 0 radical (unpaired) electrons. The number of para-hydroxylation sites is 1. The average molecular weight is 429 g/mol. The Morgan fingerprint density at radius 1 is 0.964 bits per heavy atom. The predicted molar refractivity (Wildman–Crippen MR) is 107 cm³/mol. The Morgan fingerprint density at radius 3 is 2.29 bits per heavy atom. The van der Waals surface area contributed by atoms with E-state index in [9.17, 15) is 19.2 Å². The molecule has 1 rings (SSSR count). The minimum Gasteiger partial charge on any atom is -0.466 e. The Balaban J connectivity index is 2.22. The first kappa shape index (κ1) is 23.3. The second-order valence-corrected chi connectivity index (χ2v) is 6.20. The van der Waals surface area contributed by atoms with Crippen LogP contribution in [0.4, 0.5) is 5.69 Å². The van der Waals surface area contributed by atoms with E-state index in [0.717, 1.165) is 0 Å². The number of hydrazine groups is 1. The number of ether oxygens (including phenoxy) is 1. The maximum atomic E-state index is 11.8. The van der Waals surface area contributed by atoms with Gasteiger partial charge in [0, 0.05) is 19.3 Å². The molecule has 0 fully saturated rings. The van der Waals surface area contributed by atoms with E-state index in [1.807, 2.05) is 0 Å². The van der Waals surface area contributed by atoms with Crippen LogP contribution in [0.2, 0.25) is 5.02 Å². The summed E-state index contributed by atoms with van der Waals surface area (Å²) in [5, 5.41) is 5.16. The minimum absolute atomic E-state index is 0.0720. The van der Waals surface area contributed by atoms with Crippen molar-refractivity contribution >= 4 is 58.3 Å². The number of thiocarbonyl (C=S) groups is 1. The highest BCUT2D eigenvalue weighted by Crippen LogP contribution is 2.20. The van der Waals surface area contributed by atoms with Crippen LogP contribution in [0.15, 0.2) is 24.3 Å². The van der Waals surface area contributed by atoms with E-state index < -0.39 is 17.8 Å². The van der Waals surface area contributed by atoms with Crippen molar-refractivity contribution in [3.8, 4) is 0 Å². The lowest BCUT2D eigenvalue weighted by Gasteiger charge is -2.11. The molecule has 4 N–H and O–H groups in total. The molecule has 0 atom stereocenters. The van der Waals surface area contributed by atoms with Gasteiger partial charge in [-0.05, 0) is 31.3 Å². The highest BCUT2D eigenvalue weighted by atomic mass is 35.5. The summed E-state index contributed by atoms with van der Waals surface area (Å²) in [5.74, 6) is -1.87. The molecule has 11 heteroatoms. The zero-order valence-corrected chi connectivity index (χ0v) is 16.7. The van der Waals surface area contributed by atoms with Gasteiger partial charge in [-0.1, -0.05) is 23.7 Å². The number of esters is 1. The fraction of sp³-hybridized carbons (Fsp3) is 0.353. The van der Waals surface area contributed by atoms with Gasteiger partial charge in [0.25, 0.3) is 0 Å². The number of rotatable bonds is 8. The van der Waals surface area contributed by atoms with Crippen LogP contribution >= 0.6 is 23.8 Å². The SMILES string of the molecule is CCOC(=O)CCC(=O)NC(=S)NNC(=O)CCC(=O)Nc1ccccc1Cl. The molecule has 28 heavy (non-hydrogen) atoms. The molecule has 0 aliphatic rings. The number of hydrogen-bond acceptors (Lipinski definition) is 6. The normalized spacial score (nSPS) is 9.79. The first-order valence-corrected chi connectivity index (χ1v) is 9.19. The van der Waals surface area contributed by atoms with Crippen LogP contribution in [0.25, 0.3) is 0 Å². The van der Waals surface area contributed by atoms with Crippen LogP contribution in [0.5, 0.6) is 0 Å². The number of carbonyl (C=O) groups is 4. The molecular weight excluding hydrogens is 408 g/mol. The summed E-state index contributed by atoms with van der Waals surface area (Å²) in [6.45, 7) is 1.91. The van der Waals surface area contributed by atoms with E-state index in [1.54, 1.807) is 31.2 Å². The number of benzene rings is 1. The summed E-state index contributed by atoms with van der Waals surface area (Å²) >= 11 is 10.8. The molecule has 9 nitrogen and oxygen atoms in total. The lowest BCUT2D eigenvalue weighted by molar-refractivity contribution is -0.144. The maximum Gasteiger partial charge on any atom is 0.306 e. The molecule has 0 aromatic heterocycles. The largest absolute Gasteiger partial charge is 0.466 e. The molecule has 0 aliphatic carbocycles. The molecule has 0 bridgehead atoms. The molecule has 3 amide bonds. The summed E-state index contributed by atoms with van der Waals surface area (Å²) in [4.78, 5) is 46.3. The predicted octanol–water partition coefficient (Wildman–Crippen LogP) is 1.42. The van der Waals surface area contributed by atoms with Gasteiger partial charge in [0.05, 0.1) is 23.7 Å². The number of anilines is 1. The van der Waals surface area contributed by atoms with Crippen molar-refractivity contribution in [2.24, 2.45) is 0 Å². The molecule has 0 aliphatic heterocycles. The quantitative estimate of drug-likeness (QED) is 0.280. The standard InChI is InChI=1S/C17H21ClN4O5S/c1-2-27-16(26)10-9-14(24)20-17(28)22-21-15(25)8-7-13(23)19-12-6-4-3-5-11(12)18/h3-6H,2,7-10H2,1H3,(H,19,23)(H,21,25)(H2,20,22,24,28). The number of nitrogens with one attached hydrogen (secondary N) is 4. The Labute approximate surface area is 172 Å². The van der Waals surface area contributed by atoms with Gasteiger partial charge in [0.15, 0.2) is 5.11 Å². The third-order valence-electron chi connectivity index (χ3n) is 3.16. The highest BCUT2D eigenvalue weighted by molar-refractivity contribution is 7.80. The lowest BCUT2D eigenvalue weighted by Crippen LogP contribution is -2.48. The Morgan fingerprint density at radius 2 is 1.61 bits per heavy atom. The topological polar surface area (TPSA) is 126 Å². The molecule has 152 valence electrons. The molecule has 0 unspecified atom stereocenters. The highest BCUT2D eigenvalue weighted by Gasteiger charge is 2.11. The number of hydrogen-bond donors (Lipinski definition) is 4. The molecule has 1 aromatic carbocycles. The molecule has 0 spiro atoms. The van der Waals surface area contributed by atoms with Crippen LogP contribution in [-0.2, 0) is 23.9 Å². The first-order chi connectivity index (χ1) is 13.3. The van der Waals surface area contributed by atoms with Gasteiger partial charge >= 0.3 is 5.97 Å². The first-order valence-electron chi connectivity index (χ1n) is 8.40. The zero-order chi connectivity index (χ0) is 20.9. The van der Waals surface area contributed by atoms with E-state index in [-0.39, 0.29) is 43.3 Å². The Kier molecular flexibility index (Phi) is 10.5. The van der Waals surface area contributed by atoms with Crippen molar-refractivity contribution in [2.75, 3.05) is 11.9 Å². The van der Waals surface area contributed by atoms with Crippen molar-refractivity contribution in [1.82, 2.24) is 16.2 Å². The maximum absolute atomic E-state index is 11.8. The van der Waals surface area contributed by atoms with Crippen LogP contribution < -0.4 is 21.5 Å². The average Bonchev–Trinajstić information content (AvgIpc) is 2.65. The van der Waals surface area contributed by atoms with Crippen LogP contribution in [0, 0.1) is 0 Å². The van der Waals surface area contributed by atoms with E-state index in [1.165, 1.54) is 0 Å². The van der Waals surface area contributed by atoms with E-state index in [2.05, 4.69) is 21.5 Å². The van der Waals surface area contributed by atoms with Gasteiger partial charge in [0.1, 0.15) is 0 Å². The van der Waals surface area contributed by atoms with Gasteiger partial charge in [-0.3, -0.25) is 30.0 Å². The third kappa shape index (κ3) is 9.83. The van der Waals surface area contributed by atoms with Crippen LogP contribution in [-0.4, -0.2) is 35.4 Å². The molecule has 0 heterocycles.